The molecule has 1 N–H and O–H groups in total. The van der Waals surface area contributed by atoms with E-state index in [0.29, 0.717) is 23.8 Å². The molecule has 9 fully saturated rings. The number of fused-ring (bicyclic) bond motifs is 2. The van der Waals surface area contributed by atoms with Gasteiger partial charge in [-0.05, 0) is 129 Å². The highest BCUT2D eigenvalue weighted by atomic mass is 16.8. The summed E-state index contributed by atoms with van der Waals surface area (Å²) in [6, 6.07) is -0.697. The highest BCUT2D eigenvalue weighted by Gasteiger charge is 2.82. The number of amides is 1. The smallest absolute Gasteiger partial charge is 0.329 e. The molecule has 4 saturated heterocycles. The van der Waals surface area contributed by atoms with Gasteiger partial charge in [0.05, 0.1) is 12.2 Å². The summed E-state index contributed by atoms with van der Waals surface area (Å²) in [6.07, 6.45) is -11.8. The van der Waals surface area contributed by atoms with Crippen LogP contribution in [0.3, 0.4) is 0 Å². The highest BCUT2D eigenvalue weighted by Crippen LogP contribution is 2.89. The van der Waals surface area contributed by atoms with Gasteiger partial charge in [0.1, 0.15) is 37.6 Å². The van der Waals surface area contributed by atoms with Crippen molar-refractivity contribution >= 4 is 65.6 Å². The molecular formula is C72H103NO27. The first-order chi connectivity index (χ1) is 46.8. The molecular weight excluding hydrogens is 1310 g/mol. The highest BCUT2D eigenvalue weighted by molar-refractivity contribution is 5.96. The third-order valence-electron chi connectivity index (χ3n) is 23.8. The van der Waals surface area contributed by atoms with Gasteiger partial charge in [0.15, 0.2) is 73.8 Å². The number of cyclic esters (lactones) is 1. The first-order valence-corrected chi connectivity index (χ1v) is 35.1. The molecule has 0 aromatic heterocycles. The van der Waals surface area contributed by atoms with E-state index >= 15 is 0 Å². The van der Waals surface area contributed by atoms with Gasteiger partial charge in [-0.3, -0.25) is 47.9 Å². The second-order valence-electron chi connectivity index (χ2n) is 30.3. The Labute approximate surface area is 583 Å². The van der Waals surface area contributed by atoms with Gasteiger partial charge in [0.2, 0.25) is 5.91 Å². The molecule has 5 saturated carbocycles. The molecule has 100 heavy (non-hydrogen) atoms. The van der Waals surface area contributed by atoms with Crippen LogP contribution in [0.1, 0.15) is 182 Å². The predicted molar refractivity (Wildman–Crippen MR) is 344 cm³/mol. The maximum Gasteiger partial charge on any atom is 0.329 e. The van der Waals surface area contributed by atoms with E-state index in [-0.39, 0.29) is 51.4 Å². The van der Waals surface area contributed by atoms with Crippen LogP contribution in [-0.2, 0) is 129 Å². The molecule has 0 aromatic rings. The lowest BCUT2D eigenvalue weighted by Crippen LogP contribution is -2.69. The number of carbonyl (C=O) groups excluding carboxylic acids is 11. The van der Waals surface area contributed by atoms with Gasteiger partial charge < -0.3 is 81.1 Å². The minimum Gasteiger partial charge on any atom is -0.463 e. The number of hydrogen-bond donors (Lipinski definition) is 1. The van der Waals surface area contributed by atoms with Gasteiger partial charge in [-0.25, -0.2) is 4.79 Å². The monoisotopic (exact) mass is 1410 g/mol. The van der Waals surface area contributed by atoms with Crippen molar-refractivity contribution in [1.82, 2.24) is 5.32 Å². The Kier molecular flexibility index (Phi) is 23.6. The van der Waals surface area contributed by atoms with Crippen LogP contribution in [0.15, 0.2) is 23.8 Å². The summed E-state index contributed by atoms with van der Waals surface area (Å²) in [5.41, 5.74) is -0.0673. The zero-order valence-corrected chi connectivity index (χ0v) is 60.8. The molecule has 0 unspecified atom stereocenters. The van der Waals surface area contributed by atoms with Crippen molar-refractivity contribution in [2.75, 3.05) is 13.2 Å². The van der Waals surface area contributed by atoms with E-state index in [1.165, 1.54) is 13.8 Å². The third-order valence-corrected chi connectivity index (χ3v) is 23.8. The number of carbonyl (C=O) groups is 11. The molecule has 4 heterocycles. The van der Waals surface area contributed by atoms with Crippen molar-refractivity contribution in [2.45, 2.75) is 293 Å². The first-order valence-electron chi connectivity index (χ1n) is 35.1. The van der Waals surface area contributed by atoms with Crippen molar-refractivity contribution in [3.8, 4) is 0 Å². The topological polar surface area (TPSA) is 347 Å². The average molecular weight is 1410 g/mol. The molecule has 9 aliphatic rings. The quantitative estimate of drug-likeness (QED) is 0.0391. The molecule has 2 spiro atoms. The van der Waals surface area contributed by atoms with Crippen LogP contribution in [0.4, 0.5) is 0 Å². The Morgan fingerprint density at radius 3 is 1.43 bits per heavy atom. The second-order valence-corrected chi connectivity index (χ2v) is 30.3. The van der Waals surface area contributed by atoms with E-state index in [2.05, 4.69) is 46.0 Å². The number of ether oxygens (including phenoxy) is 16. The minimum atomic E-state index is -2.02. The molecule has 558 valence electrons. The van der Waals surface area contributed by atoms with Gasteiger partial charge in [0.25, 0.3) is 0 Å². The average Bonchev–Trinajstić information content (AvgIpc) is 1.46. The summed E-state index contributed by atoms with van der Waals surface area (Å²) >= 11 is 0. The van der Waals surface area contributed by atoms with Crippen molar-refractivity contribution in [3.05, 3.63) is 23.8 Å². The second kappa shape index (κ2) is 30.4. The van der Waals surface area contributed by atoms with Crippen molar-refractivity contribution in [3.63, 3.8) is 0 Å². The van der Waals surface area contributed by atoms with Crippen molar-refractivity contribution in [1.29, 1.82) is 0 Å². The Morgan fingerprint density at radius 2 is 0.940 bits per heavy atom. The molecule has 0 aromatic carbocycles. The van der Waals surface area contributed by atoms with Crippen LogP contribution in [0.25, 0.3) is 0 Å². The molecule has 28 nitrogen and oxygen atoms in total. The summed E-state index contributed by atoms with van der Waals surface area (Å²) in [5.74, 6) is -7.66. The van der Waals surface area contributed by atoms with Crippen LogP contribution in [-0.4, -0.2) is 189 Å². The Hall–Kier alpha value is -6.59. The van der Waals surface area contributed by atoms with Gasteiger partial charge in [0, 0.05) is 73.8 Å². The van der Waals surface area contributed by atoms with Gasteiger partial charge >= 0.3 is 59.7 Å². The third kappa shape index (κ3) is 15.5. The SMILES string of the molecule is CC(=O)OC[C@H]1O[C@@H](O[C@H]2[C@H](O[C@H]3CC[C@]45C[C@]46CC[C@]4(C)[C@@H]([C@H](C)/C=C/C=C(\C)C(=O)N[C@@H]7C(=O)O[C@H](C)[C@@H]7C)CC[C@@]4(C)[C@@H]6CC[C@H]5C3(C)C)O[C@H](COC(C)=O)[C@@H](OC(C)=O)[C@@H]2OC(C)=O)[C@H](O[C@@H]2O[C@@H](C)[C@H](OC(C)=O)[C@@H](OC(C)=O)[C@H]2OC(C)=O)[C@@H](OC(C)=O)[C@@H]1OC(C)=O. The fourth-order valence-corrected chi connectivity index (χ4v) is 19.1. The van der Waals surface area contributed by atoms with E-state index in [1.54, 1.807) is 6.92 Å². The van der Waals surface area contributed by atoms with Crippen LogP contribution in [0.5, 0.6) is 0 Å². The van der Waals surface area contributed by atoms with E-state index in [4.69, 9.17) is 75.8 Å². The first kappa shape index (κ1) is 77.6. The summed E-state index contributed by atoms with van der Waals surface area (Å²) < 4.78 is 98.2. The van der Waals surface area contributed by atoms with Gasteiger partial charge in [-0.15, -0.1) is 0 Å². The van der Waals surface area contributed by atoms with E-state index in [1.807, 2.05) is 26.0 Å². The fraction of sp³-hybridized carbons (Fsp3) is 0.792. The molecule has 1 amide bonds. The lowest BCUT2D eigenvalue weighted by Gasteiger charge is -2.63. The number of nitrogens with one attached hydrogen (secondary N) is 1. The van der Waals surface area contributed by atoms with Gasteiger partial charge in [-0.2, -0.15) is 0 Å². The van der Waals surface area contributed by atoms with Crippen LogP contribution in [0, 0.1) is 56.7 Å². The van der Waals surface area contributed by atoms with Gasteiger partial charge in [-0.1, -0.05) is 59.8 Å². The van der Waals surface area contributed by atoms with Crippen LogP contribution < -0.4 is 5.32 Å². The molecule has 4 aliphatic heterocycles. The molecule has 9 rings (SSSR count). The zero-order chi connectivity index (χ0) is 73.6. The summed E-state index contributed by atoms with van der Waals surface area (Å²) in [5, 5.41) is 2.86. The van der Waals surface area contributed by atoms with Crippen molar-refractivity contribution < 1.29 is 129 Å². The molecule has 27 atom stereocenters. The molecule has 28 heteroatoms. The predicted octanol–water partition coefficient (Wildman–Crippen LogP) is 6.63. The normalized spacial score (nSPS) is 41.1. The standard InChI is InChI=1S/C72H103NO27/c1-33(20-19-21-34(2)63(83)73-53-35(3)36(4)87-64(53)84)47-24-26-70(18)51-23-22-50-68(15,16)52(25-27-71(50)32-72(51,71)29-28-69(47,70)17)98-66-61(58(93-44(12)80)55(90-41(9)77)48(96-66)30-85-38(6)74)100-67-62(59(94-45(13)81)56(91-42(10)78)49(97-67)31-86-39(7)75)99-65-60(95-46(14)82)57(92-43(11)79)54(37(5)88-65)89-40(8)76/h19-21,33,35-37,47-62,65-67H,22-32H2,1-18H3,(H,73,83)/b20-19+,34-21+/t33-,35+,36-,37+,47-,48-,49-,50+,51+,52+,53+,54+,55-,56-,57-,58+,59+,60-,61-,62-,65+,66+,67+,69-,70+,71-,72+/m1/s1. The zero-order valence-electron chi connectivity index (χ0n) is 60.8. The Morgan fingerprint density at radius 1 is 0.490 bits per heavy atom. The number of hydrogen-bond acceptors (Lipinski definition) is 27. The van der Waals surface area contributed by atoms with E-state index in [9.17, 15) is 52.7 Å². The summed E-state index contributed by atoms with van der Waals surface area (Å²) in [7, 11) is 0. The fourth-order valence-electron chi connectivity index (χ4n) is 19.1. The van der Waals surface area contributed by atoms with Crippen LogP contribution in [0.2, 0.25) is 0 Å². The number of esters is 10. The van der Waals surface area contributed by atoms with E-state index in [0.717, 1.165) is 107 Å². The lowest BCUT2D eigenvalue weighted by atomic mass is 9.42. The Balaban J connectivity index is 1.05. The summed E-state index contributed by atoms with van der Waals surface area (Å²) in [6.45, 7) is 27.1. The maximum absolute atomic E-state index is 13.6. The van der Waals surface area contributed by atoms with Crippen LogP contribution >= 0.6 is 0 Å². The Bertz CT molecular complexity index is 3200. The summed E-state index contributed by atoms with van der Waals surface area (Å²) in [4.78, 5) is 143. The van der Waals surface area contributed by atoms with Crippen molar-refractivity contribution in [2.24, 2.45) is 56.7 Å². The molecule has 5 aliphatic carbocycles. The lowest BCUT2D eigenvalue weighted by molar-refractivity contribution is -0.397. The maximum atomic E-state index is 13.6. The number of allylic oxidation sites excluding steroid dienone is 3. The largest absolute Gasteiger partial charge is 0.463 e. The molecule has 0 radical (unpaired) electrons. The number of rotatable bonds is 22. The van der Waals surface area contributed by atoms with E-state index < -0.39 is 183 Å². The minimum absolute atomic E-state index is 0.0159. The molecule has 0 bridgehead atoms.